The molecule has 4 aromatic rings. The van der Waals surface area contributed by atoms with Crippen molar-refractivity contribution in [3.05, 3.63) is 80.7 Å². The molecule has 4 heterocycles. The van der Waals surface area contributed by atoms with E-state index in [9.17, 15) is 18.4 Å². The maximum Gasteiger partial charge on any atom is 0.387 e. The van der Waals surface area contributed by atoms with Gasteiger partial charge in [-0.2, -0.15) is 8.78 Å². The lowest BCUT2D eigenvalue weighted by molar-refractivity contribution is -0.113. The highest BCUT2D eigenvalue weighted by Crippen LogP contribution is 2.35. The normalized spacial score (nSPS) is 16.5. The minimum Gasteiger partial charge on any atom is -0.465 e. The van der Waals surface area contributed by atoms with Crippen LogP contribution in [-0.2, 0) is 23.4 Å². The lowest BCUT2D eigenvalue weighted by atomic mass is 9.97. The number of anilines is 1. The lowest BCUT2D eigenvalue weighted by Gasteiger charge is -2.18. The van der Waals surface area contributed by atoms with Crippen LogP contribution in [0, 0.1) is 0 Å². The summed E-state index contributed by atoms with van der Waals surface area (Å²) in [6.07, 6.45) is 7.08. The van der Waals surface area contributed by atoms with Gasteiger partial charge in [0.1, 0.15) is 27.9 Å². The molecule has 8 nitrogen and oxygen atoms in total. The molecule has 3 aromatic heterocycles. The fourth-order valence-corrected chi connectivity index (χ4v) is 6.68. The van der Waals surface area contributed by atoms with E-state index in [-0.39, 0.29) is 22.8 Å². The van der Waals surface area contributed by atoms with Crippen LogP contribution < -0.4 is 15.2 Å². The van der Waals surface area contributed by atoms with E-state index < -0.39 is 12.5 Å². The molecule has 194 valence electrons. The molecule has 0 fully saturated rings. The molecule has 0 saturated heterocycles. The number of aliphatic imine (C=N–C) groups is 1. The monoisotopic (exact) mass is 554 g/mol. The first-order valence-corrected chi connectivity index (χ1v) is 13.7. The first-order chi connectivity index (χ1) is 18.5. The van der Waals surface area contributed by atoms with Crippen molar-refractivity contribution in [2.75, 3.05) is 4.90 Å². The molecule has 38 heavy (non-hydrogen) atoms. The van der Waals surface area contributed by atoms with Crippen molar-refractivity contribution in [2.45, 2.75) is 38.0 Å². The Balaban J connectivity index is 1.30. The number of amidine groups is 1. The van der Waals surface area contributed by atoms with E-state index in [1.807, 2.05) is 0 Å². The minimum absolute atomic E-state index is 0.0263. The van der Waals surface area contributed by atoms with Crippen LogP contribution in [-0.4, -0.2) is 27.7 Å². The number of halogens is 2. The van der Waals surface area contributed by atoms with E-state index in [0.29, 0.717) is 27.8 Å². The molecule has 0 atom stereocenters. The summed E-state index contributed by atoms with van der Waals surface area (Å²) in [5.41, 5.74) is 1.54. The smallest absolute Gasteiger partial charge is 0.387 e. The second kappa shape index (κ2) is 10.2. The summed E-state index contributed by atoms with van der Waals surface area (Å²) in [6.45, 7) is -2.95. The number of fused-ring (bicyclic) bond motifs is 3. The number of carbonyl (C=O) groups is 1. The Morgan fingerprint density at radius 3 is 2.76 bits per heavy atom. The topological polar surface area (TPSA) is 101 Å². The third kappa shape index (κ3) is 4.76. The van der Waals surface area contributed by atoms with E-state index in [0.717, 1.165) is 36.1 Å². The number of nitrogens with zero attached hydrogens (tertiary/aromatic N) is 3. The van der Waals surface area contributed by atoms with Crippen molar-refractivity contribution in [2.24, 2.45) is 4.99 Å². The Bertz CT molecular complexity index is 1630. The Labute approximate surface area is 223 Å². The summed E-state index contributed by atoms with van der Waals surface area (Å²) < 4.78 is 34.9. The molecule has 0 bridgehead atoms. The maximum atomic E-state index is 13.3. The number of rotatable bonds is 6. The number of thioether (sulfide) groups is 1. The number of H-pyrrole nitrogens is 1. The minimum atomic E-state index is -2.95. The van der Waals surface area contributed by atoms with Crippen molar-refractivity contribution in [3.8, 4) is 5.75 Å². The first-order valence-electron chi connectivity index (χ1n) is 11.9. The Kier molecular flexibility index (Phi) is 6.58. The standard InChI is InChI=1S/C26H20F2N4O4S2/c27-25(28)36-15-9-7-14(8-10-15)32-24(34)18(12-16-4-3-11-35-16)29-26(32)37-13-20-30-22(33)21-17-5-1-2-6-19(17)38-23(21)31-20/h3-4,7-12,25H,1-2,5-6,13H2,(H,30,31,33). The molecule has 1 aliphatic heterocycles. The number of benzene rings is 1. The van der Waals surface area contributed by atoms with Crippen LogP contribution in [0.25, 0.3) is 16.3 Å². The third-order valence-electron chi connectivity index (χ3n) is 6.18. The van der Waals surface area contributed by atoms with Crippen LogP contribution in [0.4, 0.5) is 14.5 Å². The maximum absolute atomic E-state index is 13.3. The van der Waals surface area contributed by atoms with Gasteiger partial charge in [-0.3, -0.25) is 14.5 Å². The summed E-state index contributed by atoms with van der Waals surface area (Å²) in [5.74, 6) is 0.764. The Morgan fingerprint density at radius 2 is 2.00 bits per heavy atom. The molecule has 0 unspecified atom stereocenters. The average molecular weight is 555 g/mol. The van der Waals surface area contributed by atoms with Crippen LogP contribution >= 0.6 is 23.1 Å². The number of thiophene rings is 1. The summed E-state index contributed by atoms with van der Waals surface area (Å²) in [4.78, 5) is 41.7. The second-order valence-electron chi connectivity index (χ2n) is 8.64. The van der Waals surface area contributed by atoms with Gasteiger partial charge in [0.15, 0.2) is 5.17 Å². The van der Waals surface area contributed by atoms with E-state index in [4.69, 9.17) is 9.40 Å². The first kappa shape index (κ1) is 24.6. The van der Waals surface area contributed by atoms with Gasteiger partial charge in [0, 0.05) is 11.0 Å². The quantitative estimate of drug-likeness (QED) is 0.305. The second-order valence-corrected chi connectivity index (χ2v) is 10.7. The molecule has 1 amide bonds. The van der Waals surface area contributed by atoms with Crippen LogP contribution in [0.2, 0.25) is 0 Å². The molecule has 0 saturated carbocycles. The van der Waals surface area contributed by atoms with E-state index in [2.05, 4.69) is 14.7 Å². The number of ether oxygens (including phenoxy) is 1. The third-order valence-corrected chi connectivity index (χ3v) is 8.32. The van der Waals surface area contributed by atoms with E-state index in [1.165, 1.54) is 58.1 Å². The number of hydrogen-bond acceptors (Lipinski definition) is 8. The summed E-state index contributed by atoms with van der Waals surface area (Å²) in [5, 5.41) is 1.03. The van der Waals surface area contributed by atoms with Gasteiger partial charge in [0.2, 0.25) is 0 Å². The number of hydrogen-bond donors (Lipinski definition) is 1. The number of alkyl halides is 2. The molecule has 12 heteroatoms. The Morgan fingerprint density at radius 1 is 1.18 bits per heavy atom. The molecular weight excluding hydrogens is 534 g/mol. The molecule has 1 N–H and O–H groups in total. The molecule has 6 rings (SSSR count). The van der Waals surface area contributed by atoms with Gasteiger partial charge in [-0.05, 0) is 67.6 Å². The number of amides is 1. The predicted octanol–water partition coefficient (Wildman–Crippen LogP) is 5.73. The highest BCUT2D eigenvalue weighted by Gasteiger charge is 2.32. The van der Waals surface area contributed by atoms with Gasteiger partial charge in [-0.25, -0.2) is 9.98 Å². The average Bonchev–Trinajstić information content (AvgIpc) is 3.61. The van der Waals surface area contributed by atoms with Gasteiger partial charge in [-0.15, -0.1) is 11.3 Å². The van der Waals surface area contributed by atoms with E-state index in [1.54, 1.807) is 23.5 Å². The lowest BCUT2D eigenvalue weighted by Crippen LogP contribution is -2.30. The summed E-state index contributed by atoms with van der Waals surface area (Å²) in [6, 6.07) is 9.12. The zero-order chi connectivity index (χ0) is 26.2. The van der Waals surface area contributed by atoms with Crippen LogP contribution in [0.15, 0.2) is 62.6 Å². The van der Waals surface area contributed by atoms with Crippen LogP contribution in [0.1, 0.15) is 34.9 Å². The van der Waals surface area contributed by atoms with Gasteiger partial charge in [0.05, 0.1) is 23.1 Å². The van der Waals surface area contributed by atoms with Crippen molar-refractivity contribution in [1.82, 2.24) is 9.97 Å². The number of aromatic amines is 1. The molecule has 1 aromatic carbocycles. The number of aryl methyl sites for hydroxylation is 2. The van der Waals surface area contributed by atoms with Gasteiger partial charge in [-0.1, -0.05) is 11.8 Å². The van der Waals surface area contributed by atoms with Crippen molar-refractivity contribution in [1.29, 1.82) is 0 Å². The highest BCUT2D eigenvalue weighted by atomic mass is 32.2. The summed E-state index contributed by atoms with van der Waals surface area (Å²) in [7, 11) is 0. The van der Waals surface area contributed by atoms with Gasteiger partial charge < -0.3 is 14.1 Å². The Hall–Kier alpha value is -3.77. The predicted molar refractivity (Wildman–Crippen MR) is 143 cm³/mol. The van der Waals surface area contributed by atoms with Gasteiger partial charge >= 0.3 is 6.61 Å². The highest BCUT2D eigenvalue weighted by molar-refractivity contribution is 8.13. The molecule has 0 spiro atoms. The van der Waals surface area contributed by atoms with Crippen molar-refractivity contribution in [3.63, 3.8) is 0 Å². The van der Waals surface area contributed by atoms with Crippen LogP contribution in [0.5, 0.6) is 5.75 Å². The molecule has 1 aliphatic carbocycles. The summed E-state index contributed by atoms with van der Waals surface area (Å²) >= 11 is 2.80. The molecule has 0 radical (unpaired) electrons. The van der Waals surface area contributed by atoms with Gasteiger partial charge in [0.25, 0.3) is 11.5 Å². The molecule has 2 aliphatic rings. The SMILES string of the molecule is O=C1C(=Cc2ccco2)N=C(SCc2nc3sc4c(c3c(=O)[nH]2)CCCC4)N1c1ccc(OC(F)F)cc1. The number of aromatic nitrogens is 2. The fraction of sp³-hybridized carbons (Fsp3) is 0.231. The number of furan rings is 1. The van der Waals surface area contributed by atoms with Crippen molar-refractivity contribution < 1.29 is 22.7 Å². The number of nitrogens with one attached hydrogen (secondary N) is 1. The largest absolute Gasteiger partial charge is 0.465 e. The molecular formula is C26H20F2N4O4S2. The van der Waals surface area contributed by atoms with E-state index >= 15 is 0 Å². The van der Waals surface area contributed by atoms with Crippen LogP contribution in [0.3, 0.4) is 0 Å². The zero-order valence-electron chi connectivity index (χ0n) is 19.8. The fourth-order valence-electron chi connectivity index (χ4n) is 4.52. The number of carbonyl (C=O) groups excluding carboxylic acids is 1. The zero-order valence-corrected chi connectivity index (χ0v) is 21.4. The van der Waals surface area contributed by atoms with Crippen molar-refractivity contribution >= 4 is 56.2 Å².